The third-order valence-corrected chi connectivity index (χ3v) is 9.34. The van der Waals surface area contributed by atoms with Gasteiger partial charge in [-0.3, -0.25) is 4.79 Å². The van der Waals surface area contributed by atoms with Gasteiger partial charge in [0, 0.05) is 31.4 Å². The minimum Gasteiger partial charge on any atom is -0.325 e. The molecule has 1 N–H and O–H groups in total. The van der Waals surface area contributed by atoms with E-state index in [9.17, 15) is 21.6 Å². The first kappa shape index (κ1) is 27.8. The highest BCUT2D eigenvalue weighted by molar-refractivity contribution is 7.89. The minimum atomic E-state index is -4.06. The fourth-order valence-electron chi connectivity index (χ4n) is 3.45. The predicted octanol–water partition coefficient (Wildman–Crippen LogP) is 4.04. The van der Waals surface area contributed by atoms with E-state index < -0.39 is 32.5 Å². The molecule has 0 saturated carbocycles. The number of hydrogen-bond donors (Lipinski definition) is 1. The monoisotopic (exact) mass is 549 g/mol. The van der Waals surface area contributed by atoms with Crippen LogP contribution in [0.5, 0.6) is 0 Å². The number of amides is 1. The first-order valence-electron chi connectivity index (χ1n) is 10.9. The van der Waals surface area contributed by atoms with Gasteiger partial charge in [0.25, 0.3) is 0 Å². The van der Waals surface area contributed by atoms with E-state index in [2.05, 4.69) is 5.32 Å². The second-order valence-electron chi connectivity index (χ2n) is 8.53. The lowest BCUT2D eigenvalue weighted by Gasteiger charge is -2.23. The van der Waals surface area contributed by atoms with E-state index >= 15 is 0 Å². The molecule has 11 heteroatoms. The lowest BCUT2D eigenvalue weighted by molar-refractivity contribution is -0.116. The Kier molecular flexibility index (Phi) is 8.58. The summed E-state index contributed by atoms with van der Waals surface area (Å²) >= 11 is 5.92. The maximum atomic E-state index is 13.5. The number of rotatable bonds is 9. The van der Waals surface area contributed by atoms with Crippen LogP contribution in [-0.2, 0) is 31.4 Å². The van der Waals surface area contributed by atoms with Crippen molar-refractivity contribution >= 4 is 43.2 Å². The molecule has 0 unspecified atom stereocenters. The van der Waals surface area contributed by atoms with Gasteiger partial charge in [-0.1, -0.05) is 47.5 Å². The van der Waals surface area contributed by atoms with Crippen LogP contribution in [0.1, 0.15) is 16.7 Å². The molecule has 0 bridgehead atoms. The van der Waals surface area contributed by atoms with E-state index in [4.69, 9.17) is 11.6 Å². The van der Waals surface area contributed by atoms with Crippen molar-refractivity contribution in [3.63, 3.8) is 0 Å². The van der Waals surface area contributed by atoms with E-state index in [0.29, 0.717) is 10.6 Å². The van der Waals surface area contributed by atoms with E-state index in [1.54, 1.807) is 19.1 Å². The first-order valence-corrected chi connectivity index (χ1v) is 14.2. The van der Waals surface area contributed by atoms with E-state index in [1.807, 2.05) is 25.1 Å². The fraction of sp³-hybridized carbons (Fsp3) is 0.240. The van der Waals surface area contributed by atoms with Crippen molar-refractivity contribution in [2.75, 3.05) is 26.0 Å². The molecule has 0 aliphatic heterocycles. The number of carbonyl (C=O) groups excluding carboxylic acids is 1. The summed E-state index contributed by atoms with van der Waals surface area (Å²) in [6, 6.07) is 17.5. The van der Waals surface area contributed by atoms with Gasteiger partial charge in [0.1, 0.15) is 0 Å². The molecule has 0 saturated heterocycles. The molecule has 0 aliphatic carbocycles. The molecule has 0 aliphatic rings. The number of hydrogen-bond acceptors (Lipinski definition) is 5. The molecule has 3 rings (SSSR count). The summed E-state index contributed by atoms with van der Waals surface area (Å²) in [7, 11) is -4.95. The van der Waals surface area contributed by atoms with Crippen LogP contribution < -0.4 is 5.32 Å². The van der Waals surface area contributed by atoms with Crippen molar-refractivity contribution in [2.24, 2.45) is 0 Å². The van der Waals surface area contributed by atoms with Gasteiger partial charge in [0.15, 0.2) is 0 Å². The Morgan fingerprint density at radius 1 is 0.861 bits per heavy atom. The Bertz CT molecular complexity index is 1470. The van der Waals surface area contributed by atoms with Gasteiger partial charge in [0.2, 0.25) is 26.0 Å². The van der Waals surface area contributed by atoms with Crippen LogP contribution in [0.4, 0.5) is 5.69 Å². The van der Waals surface area contributed by atoms with Crippen molar-refractivity contribution in [3.05, 3.63) is 88.4 Å². The lowest BCUT2D eigenvalue weighted by Crippen LogP contribution is -2.37. The Balaban J connectivity index is 1.92. The number of halogens is 1. The molecule has 0 fully saturated rings. The zero-order valence-corrected chi connectivity index (χ0v) is 22.8. The molecule has 0 atom stereocenters. The molecular weight excluding hydrogens is 522 g/mol. The van der Waals surface area contributed by atoms with Crippen LogP contribution >= 0.6 is 11.6 Å². The average molecular weight is 550 g/mol. The van der Waals surface area contributed by atoms with Crippen LogP contribution in [0.2, 0.25) is 5.02 Å². The molecule has 36 heavy (non-hydrogen) atoms. The SMILES string of the molecule is Cc1cccc(CN(CC(=O)Nc2cc(S(=O)(=O)N(C)C)ccc2C)S(=O)(=O)c2ccc(Cl)cc2)c1. The Morgan fingerprint density at radius 3 is 2.11 bits per heavy atom. The van der Waals surface area contributed by atoms with Crippen LogP contribution in [0.25, 0.3) is 0 Å². The maximum absolute atomic E-state index is 13.5. The molecular formula is C25H28ClN3O5S2. The summed E-state index contributed by atoms with van der Waals surface area (Å²) < 4.78 is 54.1. The summed E-state index contributed by atoms with van der Waals surface area (Å²) in [5.41, 5.74) is 2.58. The highest BCUT2D eigenvalue weighted by Crippen LogP contribution is 2.24. The Hall–Kier alpha value is -2.76. The molecule has 3 aromatic rings. The first-order chi connectivity index (χ1) is 16.8. The van der Waals surface area contributed by atoms with Crippen molar-refractivity contribution in [1.82, 2.24) is 8.61 Å². The van der Waals surface area contributed by atoms with Crippen LogP contribution in [0, 0.1) is 13.8 Å². The largest absolute Gasteiger partial charge is 0.325 e. The lowest BCUT2D eigenvalue weighted by atomic mass is 10.1. The molecule has 0 heterocycles. The highest BCUT2D eigenvalue weighted by atomic mass is 35.5. The standard InChI is InChI=1S/C25H28ClN3O5S2/c1-18-6-5-7-20(14-18)16-29(36(33,34)22-12-9-21(26)10-13-22)17-25(30)27-24-15-23(11-8-19(24)2)35(31,32)28(3)4/h5-15H,16-17H2,1-4H3,(H,27,30). The minimum absolute atomic E-state index is 0.00241. The molecule has 8 nitrogen and oxygen atoms in total. The summed E-state index contributed by atoms with van der Waals surface area (Å²) in [5, 5.41) is 3.06. The second-order valence-corrected chi connectivity index (χ2v) is 13.1. The number of nitrogens with zero attached hydrogens (tertiary/aromatic N) is 2. The summed E-state index contributed by atoms with van der Waals surface area (Å²) in [6.07, 6.45) is 0. The van der Waals surface area contributed by atoms with Gasteiger partial charge in [-0.2, -0.15) is 4.31 Å². The number of aryl methyl sites for hydroxylation is 2. The van der Waals surface area contributed by atoms with Gasteiger partial charge in [-0.05, 0) is 61.4 Å². The molecule has 1 amide bonds. The van der Waals surface area contributed by atoms with E-state index in [1.165, 1.54) is 50.5 Å². The summed E-state index contributed by atoms with van der Waals surface area (Å²) in [4.78, 5) is 13.1. The normalized spacial score (nSPS) is 12.2. The fourth-order valence-corrected chi connectivity index (χ4v) is 5.89. The summed E-state index contributed by atoms with van der Waals surface area (Å²) in [6.45, 7) is 3.10. The third-order valence-electron chi connectivity index (χ3n) is 5.47. The van der Waals surface area contributed by atoms with Crippen molar-refractivity contribution in [3.8, 4) is 0 Å². The maximum Gasteiger partial charge on any atom is 0.243 e. The third kappa shape index (κ3) is 6.51. The predicted molar refractivity (Wildman–Crippen MR) is 141 cm³/mol. The number of carbonyl (C=O) groups is 1. The van der Waals surface area contributed by atoms with E-state index in [0.717, 1.165) is 19.7 Å². The number of sulfonamides is 2. The average Bonchev–Trinajstić information content (AvgIpc) is 2.80. The van der Waals surface area contributed by atoms with Gasteiger partial charge < -0.3 is 5.32 Å². The van der Waals surface area contributed by atoms with E-state index in [-0.39, 0.29) is 22.0 Å². The second kappa shape index (κ2) is 11.1. The molecule has 0 radical (unpaired) electrons. The zero-order chi connectivity index (χ0) is 26.7. The molecule has 0 spiro atoms. The highest BCUT2D eigenvalue weighted by Gasteiger charge is 2.27. The number of nitrogens with one attached hydrogen (secondary N) is 1. The van der Waals surface area contributed by atoms with Gasteiger partial charge in [0.05, 0.1) is 16.3 Å². The summed E-state index contributed by atoms with van der Waals surface area (Å²) in [5.74, 6) is -0.609. The quantitative estimate of drug-likeness (QED) is 0.434. The molecule has 3 aromatic carbocycles. The van der Waals surface area contributed by atoms with Crippen LogP contribution in [0.3, 0.4) is 0 Å². The van der Waals surface area contributed by atoms with Crippen molar-refractivity contribution in [1.29, 1.82) is 0 Å². The van der Waals surface area contributed by atoms with Crippen LogP contribution in [0.15, 0.2) is 76.5 Å². The van der Waals surface area contributed by atoms with Crippen molar-refractivity contribution in [2.45, 2.75) is 30.2 Å². The topological polar surface area (TPSA) is 104 Å². The van der Waals surface area contributed by atoms with Gasteiger partial charge in [-0.15, -0.1) is 0 Å². The number of benzene rings is 3. The van der Waals surface area contributed by atoms with Gasteiger partial charge in [-0.25, -0.2) is 21.1 Å². The zero-order valence-electron chi connectivity index (χ0n) is 20.4. The Morgan fingerprint density at radius 2 is 1.50 bits per heavy atom. The Labute approximate surface area is 217 Å². The molecule has 192 valence electrons. The smallest absolute Gasteiger partial charge is 0.243 e. The van der Waals surface area contributed by atoms with Crippen molar-refractivity contribution < 1.29 is 21.6 Å². The van der Waals surface area contributed by atoms with Crippen LogP contribution in [-0.4, -0.2) is 52.0 Å². The molecule has 0 aromatic heterocycles. The number of anilines is 1. The van der Waals surface area contributed by atoms with Gasteiger partial charge >= 0.3 is 0 Å².